The largest absolute Gasteiger partial charge is 0.465 e. The number of nitrogens with two attached hydrogens (primary N) is 1. The van der Waals surface area contributed by atoms with Crippen LogP contribution in [0, 0.1) is 5.41 Å². The number of halogens is 1. The zero-order valence-corrected chi connectivity index (χ0v) is 12.9. The molecule has 1 spiro atoms. The van der Waals surface area contributed by atoms with Crippen molar-refractivity contribution in [2.45, 2.75) is 25.3 Å². The molecule has 6 nitrogen and oxygen atoms in total. The molecule has 1 heterocycles. The van der Waals surface area contributed by atoms with Gasteiger partial charge in [-0.1, -0.05) is 15.9 Å². The van der Waals surface area contributed by atoms with Gasteiger partial charge in [-0.15, -0.1) is 0 Å². The smallest absolute Gasteiger partial charge is 0.407 e. The quantitative estimate of drug-likeness (QED) is 0.711. The van der Waals surface area contributed by atoms with Crippen LogP contribution in [0.2, 0.25) is 0 Å². The molecule has 1 unspecified atom stereocenters. The van der Waals surface area contributed by atoms with Crippen LogP contribution in [0.1, 0.15) is 19.3 Å². The summed E-state index contributed by atoms with van der Waals surface area (Å²) < 4.78 is 0.822. The SMILES string of the molecule is Nc1cc(Br)ccc1NC(=O)C1CC2(CC2)CN1C(=O)O. The zero-order valence-electron chi connectivity index (χ0n) is 11.3. The summed E-state index contributed by atoms with van der Waals surface area (Å²) in [5, 5.41) is 12.0. The first kappa shape index (κ1) is 14.2. The summed E-state index contributed by atoms with van der Waals surface area (Å²) in [5.41, 5.74) is 6.84. The Labute approximate surface area is 130 Å². The number of benzene rings is 1. The molecule has 112 valence electrons. The van der Waals surface area contributed by atoms with Gasteiger partial charge in [0.25, 0.3) is 0 Å². The van der Waals surface area contributed by atoms with E-state index in [1.54, 1.807) is 18.2 Å². The number of likely N-dealkylation sites (tertiary alicyclic amines) is 1. The summed E-state index contributed by atoms with van der Waals surface area (Å²) in [5.74, 6) is -0.310. The topological polar surface area (TPSA) is 95.7 Å². The van der Waals surface area contributed by atoms with Crippen molar-refractivity contribution in [3.8, 4) is 0 Å². The second-order valence-corrected chi connectivity index (χ2v) is 6.77. The van der Waals surface area contributed by atoms with Gasteiger partial charge in [-0.3, -0.25) is 9.69 Å². The van der Waals surface area contributed by atoms with Gasteiger partial charge in [0, 0.05) is 11.0 Å². The third-order valence-corrected chi connectivity index (χ3v) is 4.78. The first-order valence-electron chi connectivity index (χ1n) is 6.76. The monoisotopic (exact) mass is 353 g/mol. The van der Waals surface area contributed by atoms with Gasteiger partial charge in [-0.25, -0.2) is 4.79 Å². The Morgan fingerprint density at radius 3 is 2.71 bits per heavy atom. The van der Waals surface area contributed by atoms with Crippen molar-refractivity contribution in [2.24, 2.45) is 5.41 Å². The molecule has 3 rings (SSSR count). The molecule has 1 saturated heterocycles. The number of nitrogen functional groups attached to an aromatic ring is 1. The molecule has 1 aromatic carbocycles. The van der Waals surface area contributed by atoms with Crippen molar-refractivity contribution < 1.29 is 14.7 Å². The van der Waals surface area contributed by atoms with Crippen molar-refractivity contribution in [3.05, 3.63) is 22.7 Å². The third-order valence-electron chi connectivity index (χ3n) is 4.29. The first-order chi connectivity index (χ1) is 9.90. The number of nitrogens with one attached hydrogen (secondary N) is 1. The summed E-state index contributed by atoms with van der Waals surface area (Å²) in [6.45, 7) is 0.455. The number of anilines is 2. The average molecular weight is 354 g/mol. The van der Waals surface area contributed by atoms with Gasteiger partial charge >= 0.3 is 6.09 Å². The maximum atomic E-state index is 12.4. The number of hydrogen-bond acceptors (Lipinski definition) is 3. The molecule has 2 aliphatic rings. The number of carboxylic acid groups (broad SMARTS) is 1. The van der Waals surface area contributed by atoms with Gasteiger partial charge in [0.05, 0.1) is 11.4 Å². The van der Waals surface area contributed by atoms with E-state index in [0.29, 0.717) is 24.3 Å². The molecule has 0 aromatic heterocycles. The zero-order chi connectivity index (χ0) is 15.2. The van der Waals surface area contributed by atoms with E-state index in [4.69, 9.17) is 5.73 Å². The molecule has 1 atom stereocenters. The number of amides is 2. The molecule has 0 bridgehead atoms. The van der Waals surface area contributed by atoms with Gasteiger partial charge in [0.15, 0.2) is 0 Å². The van der Waals surface area contributed by atoms with Crippen LogP contribution in [0.3, 0.4) is 0 Å². The molecule has 1 aliphatic carbocycles. The first-order valence-corrected chi connectivity index (χ1v) is 7.55. The predicted octanol–water partition coefficient (Wildman–Crippen LogP) is 2.50. The van der Waals surface area contributed by atoms with Crippen molar-refractivity contribution in [2.75, 3.05) is 17.6 Å². The lowest BCUT2D eigenvalue weighted by Gasteiger charge is -2.21. The Kier molecular flexibility index (Phi) is 3.32. The summed E-state index contributed by atoms with van der Waals surface area (Å²) in [7, 11) is 0. The normalized spacial score (nSPS) is 22.3. The Balaban J connectivity index is 1.76. The van der Waals surface area contributed by atoms with Gasteiger partial charge < -0.3 is 16.2 Å². The molecule has 4 N–H and O–H groups in total. The van der Waals surface area contributed by atoms with E-state index < -0.39 is 12.1 Å². The second kappa shape index (κ2) is 4.91. The van der Waals surface area contributed by atoms with Crippen LogP contribution in [0.25, 0.3) is 0 Å². The summed E-state index contributed by atoms with van der Waals surface area (Å²) in [6.07, 6.45) is 1.56. The minimum atomic E-state index is -1.04. The van der Waals surface area contributed by atoms with Crippen LogP contribution in [0.15, 0.2) is 22.7 Å². The highest BCUT2D eigenvalue weighted by atomic mass is 79.9. The Hall–Kier alpha value is -1.76. The molecule has 2 amide bonds. The summed E-state index contributed by atoms with van der Waals surface area (Å²) in [6, 6.07) is 4.54. The third kappa shape index (κ3) is 2.70. The van der Waals surface area contributed by atoms with Gasteiger partial charge in [0.2, 0.25) is 5.91 Å². The molecule has 1 aromatic rings. The molecule has 1 aliphatic heterocycles. The van der Waals surface area contributed by atoms with Gasteiger partial charge in [0.1, 0.15) is 6.04 Å². The fraction of sp³-hybridized carbons (Fsp3) is 0.429. The Morgan fingerprint density at radius 1 is 1.43 bits per heavy atom. The molecule has 21 heavy (non-hydrogen) atoms. The van der Waals surface area contributed by atoms with E-state index >= 15 is 0 Å². The van der Waals surface area contributed by atoms with Crippen molar-refractivity contribution >= 4 is 39.3 Å². The minimum Gasteiger partial charge on any atom is -0.465 e. The second-order valence-electron chi connectivity index (χ2n) is 5.85. The van der Waals surface area contributed by atoms with E-state index in [0.717, 1.165) is 17.3 Å². The van der Waals surface area contributed by atoms with E-state index in [-0.39, 0.29) is 11.3 Å². The maximum Gasteiger partial charge on any atom is 0.407 e. The van der Waals surface area contributed by atoms with Crippen molar-refractivity contribution in [1.29, 1.82) is 0 Å². The molecule has 0 radical (unpaired) electrons. The highest BCUT2D eigenvalue weighted by molar-refractivity contribution is 9.10. The van der Waals surface area contributed by atoms with E-state index in [1.165, 1.54) is 4.90 Å². The highest BCUT2D eigenvalue weighted by Gasteiger charge is 2.55. The number of carbonyl (C=O) groups is 2. The number of carbonyl (C=O) groups excluding carboxylic acids is 1. The van der Waals surface area contributed by atoms with Crippen LogP contribution in [0.4, 0.5) is 16.2 Å². The van der Waals surface area contributed by atoms with Gasteiger partial charge in [-0.05, 0) is 42.9 Å². The van der Waals surface area contributed by atoms with Crippen LogP contribution >= 0.6 is 15.9 Å². The van der Waals surface area contributed by atoms with E-state index in [1.807, 2.05) is 0 Å². The maximum absolute atomic E-state index is 12.4. The van der Waals surface area contributed by atoms with Crippen LogP contribution in [-0.2, 0) is 4.79 Å². The standard InChI is InChI=1S/C14H16BrN3O3/c15-8-1-2-10(9(16)5-8)17-12(19)11-6-14(3-4-14)7-18(11)13(20)21/h1-2,5,11H,3-4,6-7,16H2,(H,17,19)(H,20,21). The molecular weight excluding hydrogens is 338 g/mol. The molecule has 2 fully saturated rings. The van der Waals surface area contributed by atoms with Crippen molar-refractivity contribution in [1.82, 2.24) is 4.90 Å². The lowest BCUT2D eigenvalue weighted by Crippen LogP contribution is -2.42. The van der Waals surface area contributed by atoms with Crippen LogP contribution < -0.4 is 11.1 Å². The Morgan fingerprint density at radius 2 is 2.14 bits per heavy atom. The van der Waals surface area contributed by atoms with Crippen LogP contribution in [-0.4, -0.2) is 34.6 Å². The van der Waals surface area contributed by atoms with Crippen LogP contribution in [0.5, 0.6) is 0 Å². The van der Waals surface area contributed by atoms with Crippen molar-refractivity contribution in [3.63, 3.8) is 0 Å². The lowest BCUT2D eigenvalue weighted by atomic mass is 10.0. The fourth-order valence-corrected chi connectivity index (χ4v) is 3.27. The van der Waals surface area contributed by atoms with Gasteiger partial charge in [-0.2, -0.15) is 0 Å². The number of rotatable bonds is 2. The minimum absolute atomic E-state index is 0.0334. The average Bonchev–Trinajstić information content (AvgIpc) is 3.03. The molecule has 7 heteroatoms. The fourth-order valence-electron chi connectivity index (χ4n) is 2.89. The number of nitrogens with zero attached hydrogens (tertiary/aromatic N) is 1. The predicted molar refractivity (Wildman–Crippen MR) is 82.0 cm³/mol. The van der Waals surface area contributed by atoms with E-state index in [9.17, 15) is 14.7 Å². The summed E-state index contributed by atoms with van der Waals surface area (Å²) in [4.78, 5) is 25.0. The number of hydrogen-bond donors (Lipinski definition) is 3. The molecular formula is C14H16BrN3O3. The highest BCUT2D eigenvalue weighted by Crippen LogP contribution is 2.54. The lowest BCUT2D eigenvalue weighted by molar-refractivity contribution is -0.119. The summed E-state index contributed by atoms with van der Waals surface area (Å²) >= 11 is 3.30. The molecule has 1 saturated carbocycles. The Bertz CT molecular complexity index is 615. The van der Waals surface area contributed by atoms with E-state index in [2.05, 4.69) is 21.2 Å².